The van der Waals surface area contributed by atoms with Crippen molar-refractivity contribution in [1.82, 2.24) is 25.0 Å². The predicted molar refractivity (Wildman–Crippen MR) is 124 cm³/mol. The Kier molecular flexibility index (Phi) is 7.01. The standard InChI is InChI=1S/C23H19F3N6O2S/c1-14-4-5-15(2)18(12-14)29-21(33)20-19(13-35-22-27-10-3-11-28-22)32(31-30-20)16-6-8-17(9-7-16)34-23(24,25)26/h3-12H,13H2,1-2H3,(H,29,33). The molecule has 4 rings (SSSR count). The number of alkyl halides is 3. The molecule has 0 saturated carbocycles. The number of hydrogen-bond donors (Lipinski definition) is 1. The lowest BCUT2D eigenvalue weighted by molar-refractivity contribution is -0.274. The van der Waals surface area contributed by atoms with Gasteiger partial charge in [-0.05, 0) is 61.4 Å². The highest BCUT2D eigenvalue weighted by Gasteiger charge is 2.31. The molecule has 0 spiro atoms. The molecular formula is C23H19F3N6O2S. The van der Waals surface area contributed by atoms with Crippen LogP contribution < -0.4 is 10.1 Å². The lowest BCUT2D eigenvalue weighted by Gasteiger charge is -2.11. The molecule has 0 saturated heterocycles. The molecule has 180 valence electrons. The Bertz CT molecular complexity index is 1330. The van der Waals surface area contributed by atoms with Crippen molar-refractivity contribution in [1.29, 1.82) is 0 Å². The minimum absolute atomic E-state index is 0.0740. The van der Waals surface area contributed by atoms with Crippen molar-refractivity contribution in [2.45, 2.75) is 31.1 Å². The molecule has 0 unspecified atom stereocenters. The fourth-order valence-corrected chi connectivity index (χ4v) is 3.94. The Labute approximate surface area is 202 Å². The highest BCUT2D eigenvalue weighted by atomic mass is 32.2. The molecule has 2 aromatic carbocycles. The first-order valence-electron chi connectivity index (χ1n) is 10.3. The normalized spacial score (nSPS) is 11.3. The predicted octanol–water partition coefficient (Wildman–Crippen LogP) is 5.12. The van der Waals surface area contributed by atoms with Crippen molar-refractivity contribution in [2.75, 3.05) is 5.32 Å². The third-order valence-electron chi connectivity index (χ3n) is 4.81. The van der Waals surface area contributed by atoms with Crippen LogP contribution in [0.4, 0.5) is 18.9 Å². The SMILES string of the molecule is Cc1ccc(C)c(NC(=O)c2nnn(-c3ccc(OC(F)(F)F)cc3)c2CSc2ncccn2)c1. The molecule has 12 heteroatoms. The molecule has 1 N–H and O–H groups in total. The van der Waals surface area contributed by atoms with E-state index in [1.165, 1.54) is 28.6 Å². The third-order valence-corrected chi connectivity index (χ3v) is 5.70. The van der Waals surface area contributed by atoms with E-state index in [4.69, 9.17) is 0 Å². The minimum atomic E-state index is -4.80. The molecule has 0 bridgehead atoms. The van der Waals surface area contributed by atoms with E-state index in [0.29, 0.717) is 22.2 Å². The minimum Gasteiger partial charge on any atom is -0.406 e. The number of halogens is 3. The summed E-state index contributed by atoms with van der Waals surface area (Å²) in [7, 11) is 0. The zero-order chi connectivity index (χ0) is 25.0. The first-order valence-corrected chi connectivity index (χ1v) is 11.3. The van der Waals surface area contributed by atoms with E-state index in [-0.39, 0.29) is 17.2 Å². The van der Waals surface area contributed by atoms with Gasteiger partial charge in [-0.1, -0.05) is 29.1 Å². The van der Waals surface area contributed by atoms with E-state index in [9.17, 15) is 18.0 Å². The van der Waals surface area contributed by atoms with Gasteiger partial charge in [0.2, 0.25) is 0 Å². The summed E-state index contributed by atoms with van der Waals surface area (Å²) < 4.78 is 42.8. The summed E-state index contributed by atoms with van der Waals surface area (Å²) in [5.41, 5.74) is 3.41. The van der Waals surface area contributed by atoms with Crippen LogP contribution in [0.5, 0.6) is 5.75 Å². The highest BCUT2D eigenvalue weighted by molar-refractivity contribution is 7.98. The molecule has 0 atom stereocenters. The van der Waals surface area contributed by atoms with Crippen LogP contribution in [-0.4, -0.2) is 37.2 Å². The number of hydrogen-bond acceptors (Lipinski definition) is 7. The van der Waals surface area contributed by atoms with Crippen LogP contribution in [-0.2, 0) is 5.75 Å². The molecule has 0 aliphatic rings. The van der Waals surface area contributed by atoms with Gasteiger partial charge in [-0.3, -0.25) is 4.79 Å². The fraction of sp³-hybridized carbons (Fsp3) is 0.174. The maximum absolute atomic E-state index is 13.2. The molecule has 0 fully saturated rings. The van der Waals surface area contributed by atoms with Crippen LogP contribution in [0, 0.1) is 13.8 Å². The molecule has 0 aliphatic heterocycles. The van der Waals surface area contributed by atoms with Crippen LogP contribution in [0.2, 0.25) is 0 Å². The van der Waals surface area contributed by atoms with Crippen LogP contribution in [0.25, 0.3) is 5.69 Å². The number of carbonyl (C=O) groups is 1. The number of ether oxygens (including phenoxy) is 1. The molecular weight excluding hydrogens is 481 g/mol. The van der Waals surface area contributed by atoms with E-state index in [1.807, 2.05) is 32.0 Å². The van der Waals surface area contributed by atoms with E-state index in [1.54, 1.807) is 18.5 Å². The molecule has 1 amide bonds. The van der Waals surface area contributed by atoms with Crippen molar-refractivity contribution >= 4 is 23.4 Å². The summed E-state index contributed by atoms with van der Waals surface area (Å²) in [6, 6.07) is 12.5. The Morgan fingerprint density at radius 3 is 2.49 bits per heavy atom. The zero-order valence-corrected chi connectivity index (χ0v) is 19.4. The molecule has 8 nitrogen and oxygen atoms in total. The number of benzene rings is 2. The number of amides is 1. The molecule has 0 radical (unpaired) electrons. The van der Waals surface area contributed by atoms with Gasteiger partial charge < -0.3 is 10.1 Å². The second kappa shape index (κ2) is 10.1. The van der Waals surface area contributed by atoms with Gasteiger partial charge in [0.25, 0.3) is 5.91 Å². The second-order valence-corrected chi connectivity index (χ2v) is 8.37. The number of anilines is 1. The highest BCUT2D eigenvalue weighted by Crippen LogP contribution is 2.27. The van der Waals surface area contributed by atoms with E-state index >= 15 is 0 Å². The average Bonchev–Trinajstić information content (AvgIpc) is 3.24. The summed E-state index contributed by atoms with van der Waals surface area (Å²) >= 11 is 1.26. The maximum Gasteiger partial charge on any atom is 0.573 e. The van der Waals surface area contributed by atoms with Crippen molar-refractivity contribution in [3.05, 3.63) is 83.4 Å². The molecule has 2 aromatic heterocycles. The number of aromatic nitrogens is 5. The van der Waals surface area contributed by atoms with Crippen molar-refractivity contribution < 1.29 is 22.7 Å². The maximum atomic E-state index is 13.2. The van der Waals surface area contributed by atoms with Crippen LogP contribution in [0.1, 0.15) is 27.3 Å². The third kappa shape index (κ3) is 6.15. The van der Waals surface area contributed by atoms with Crippen LogP contribution >= 0.6 is 11.8 Å². The summed E-state index contributed by atoms with van der Waals surface area (Å²) in [6.45, 7) is 3.79. The quantitative estimate of drug-likeness (QED) is 0.278. The van der Waals surface area contributed by atoms with Gasteiger partial charge in [-0.15, -0.1) is 18.3 Å². The van der Waals surface area contributed by atoms with Crippen molar-refractivity contribution in [3.63, 3.8) is 0 Å². The van der Waals surface area contributed by atoms with Gasteiger partial charge >= 0.3 is 6.36 Å². The monoisotopic (exact) mass is 500 g/mol. The van der Waals surface area contributed by atoms with Gasteiger partial charge in [0, 0.05) is 23.8 Å². The second-order valence-electron chi connectivity index (χ2n) is 7.43. The summed E-state index contributed by atoms with van der Waals surface area (Å²) in [5, 5.41) is 11.5. The number of nitrogens with zero attached hydrogens (tertiary/aromatic N) is 5. The summed E-state index contributed by atoms with van der Waals surface area (Å²) in [5.74, 6) is -0.609. The molecule has 0 aliphatic carbocycles. The molecule has 2 heterocycles. The number of thioether (sulfide) groups is 1. The van der Waals surface area contributed by atoms with Crippen LogP contribution in [0.15, 0.2) is 66.1 Å². The van der Waals surface area contributed by atoms with E-state index < -0.39 is 12.3 Å². The first kappa shape index (κ1) is 24.2. The van der Waals surface area contributed by atoms with Gasteiger partial charge in [0.15, 0.2) is 10.9 Å². The first-order chi connectivity index (χ1) is 16.7. The van der Waals surface area contributed by atoms with Gasteiger partial charge in [-0.2, -0.15) is 0 Å². The molecule has 4 aromatic rings. The van der Waals surface area contributed by atoms with Gasteiger partial charge in [-0.25, -0.2) is 14.6 Å². The summed E-state index contributed by atoms with van der Waals surface area (Å²) in [6.07, 6.45) is -1.61. The Hall–Kier alpha value is -3.93. The average molecular weight is 501 g/mol. The van der Waals surface area contributed by atoms with Crippen LogP contribution in [0.3, 0.4) is 0 Å². The number of rotatable bonds is 7. The smallest absolute Gasteiger partial charge is 0.406 e. The largest absolute Gasteiger partial charge is 0.573 e. The zero-order valence-electron chi connectivity index (χ0n) is 18.6. The number of carbonyl (C=O) groups excluding carboxylic acids is 1. The lowest BCUT2D eigenvalue weighted by atomic mass is 10.1. The topological polar surface area (TPSA) is 94.8 Å². The summed E-state index contributed by atoms with van der Waals surface area (Å²) in [4.78, 5) is 21.5. The Morgan fingerprint density at radius 2 is 1.80 bits per heavy atom. The van der Waals surface area contributed by atoms with Gasteiger partial charge in [0.1, 0.15) is 5.75 Å². The van der Waals surface area contributed by atoms with Crippen molar-refractivity contribution in [3.8, 4) is 11.4 Å². The Morgan fingerprint density at radius 1 is 1.09 bits per heavy atom. The Balaban J connectivity index is 1.66. The van der Waals surface area contributed by atoms with E-state index in [0.717, 1.165) is 23.3 Å². The number of aryl methyl sites for hydroxylation is 2. The number of nitrogens with one attached hydrogen (secondary N) is 1. The van der Waals surface area contributed by atoms with Gasteiger partial charge in [0.05, 0.1) is 11.4 Å². The van der Waals surface area contributed by atoms with Crippen molar-refractivity contribution in [2.24, 2.45) is 0 Å². The van der Waals surface area contributed by atoms with E-state index in [2.05, 4.69) is 30.3 Å². The fourth-order valence-electron chi connectivity index (χ4n) is 3.15. The lowest BCUT2D eigenvalue weighted by Crippen LogP contribution is -2.17. The molecule has 35 heavy (non-hydrogen) atoms.